The van der Waals surface area contributed by atoms with Gasteiger partial charge in [-0.1, -0.05) is 43.7 Å². The van der Waals surface area contributed by atoms with Crippen LogP contribution in [-0.2, 0) is 6.42 Å². The molecule has 1 heterocycles. The lowest BCUT2D eigenvalue weighted by Crippen LogP contribution is -2.39. The Morgan fingerprint density at radius 3 is 2.79 bits per heavy atom. The molecule has 1 aromatic carbocycles. The highest BCUT2D eigenvalue weighted by atomic mass is 15.2. The fourth-order valence-corrected chi connectivity index (χ4v) is 3.27. The molecular formula is C17H28N2. The summed E-state index contributed by atoms with van der Waals surface area (Å²) in [6.45, 7) is 5.61. The summed E-state index contributed by atoms with van der Waals surface area (Å²) < 4.78 is 0. The van der Waals surface area contributed by atoms with Gasteiger partial charge in [-0.25, -0.2) is 0 Å². The highest BCUT2D eigenvalue weighted by Gasteiger charge is 2.26. The molecule has 1 fully saturated rings. The molecule has 1 aromatic rings. The maximum atomic E-state index is 5.99. The lowest BCUT2D eigenvalue weighted by atomic mass is 10.0. The van der Waals surface area contributed by atoms with Crippen LogP contribution < -0.4 is 5.73 Å². The summed E-state index contributed by atoms with van der Waals surface area (Å²) in [6.07, 6.45) is 6.41. The van der Waals surface area contributed by atoms with Crippen molar-refractivity contribution in [3.8, 4) is 0 Å². The number of nitrogens with two attached hydrogens (primary N) is 1. The first kappa shape index (κ1) is 14.5. The van der Waals surface area contributed by atoms with E-state index in [0.29, 0.717) is 6.04 Å². The molecular weight excluding hydrogens is 232 g/mol. The van der Waals surface area contributed by atoms with Crippen molar-refractivity contribution in [3.63, 3.8) is 0 Å². The van der Waals surface area contributed by atoms with Crippen molar-refractivity contribution >= 4 is 0 Å². The summed E-state index contributed by atoms with van der Waals surface area (Å²) >= 11 is 0. The molecule has 2 N–H and O–H groups in total. The lowest BCUT2D eigenvalue weighted by Gasteiger charge is -2.26. The van der Waals surface area contributed by atoms with Crippen LogP contribution in [0.15, 0.2) is 30.3 Å². The molecule has 0 spiro atoms. The Morgan fingerprint density at radius 1 is 1.32 bits per heavy atom. The molecule has 106 valence electrons. The third-order valence-corrected chi connectivity index (χ3v) is 4.41. The van der Waals surface area contributed by atoms with E-state index in [1.165, 1.54) is 44.3 Å². The molecule has 19 heavy (non-hydrogen) atoms. The van der Waals surface area contributed by atoms with E-state index in [2.05, 4.69) is 42.2 Å². The van der Waals surface area contributed by atoms with Gasteiger partial charge in [-0.3, -0.25) is 4.90 Å². The van der Waals surface area contributed by atoms with Crippen LogP contribution in [0.1, 0.15) is 38.2 Å². The summed E-state index contributed by atoms with van der Waals surface area (Å²) in [6, 6.07) is 11.3. The van der Waals surface area contributed by atoms with Gasteiger partial charge in [-0.2, -0.15) is 0 Å². The average Bonchev–Trinajstić information content (AvgIpc) is 2.90. The molecule has 0 aromatic heterocycles. The van der Waals surface area contributed by atoms with E-state index in [-0.39, 0.29) is 0 Å². The smallest absolute Gasteiger partial charge is 0.0221 e. The highest BCUT2D eigenvalue weighted by Crippen LogP contribution is 2.24. The minimum Gasteiger partial charge on any atom is -0.329 e. The van der Waals surface area contributed by atoms with Crippen molar-refractivity contribution in [2.75, 3.05) is 19.6 Å². The first-order chi connectivity index (χ1) is 9.33. The van der Waals surface area contributed by atoms with Gasteiger partial charge in [0.15, 0.2) is 0 Å². The Morgan fingerprint density at radius 2 is 2.11 bits per heavy atom. The fourth-order valence-electron chi connectivity index (χ4n) is 3.27. The van der Waals surface area contributed by atoms with Crippen LogP contribution >= 0.6 is 0 Å². The van der Waals surface area contributed by atoms with Gasteiger partial charge in [-0.05, 0) is 43.7 Å². The van der Waals surface area contributed by atoms with Crippen molar-refractivity contribution < 1.29 is 0 Å². The number of benzene rings is 1. The zero-order chi connectivity index (χ0) is 13.5. The predicted octanol–water partition coefficient (Wildman–Crippen LogP) is 3.07. The largest absolute Gasteiger partial charge is 0.329 e. The third kappa shape index (κ3) is 4.32. The van der Waals surface area contributed by atoms with Gasteiger partial charge in [0.2, 0.25) is 0 Å². The lowest BCUT2D eigenvalue weighted by molar-refractivity contribution is 0.226. The summed E-state index contributed by atoms with van der Waals surface area (Å²) in [4.78, 5) is 2.63. The Bertz CT molecular complexity index is 350. The van der Waals surface area contributed by atoms with Gasteiger partial charge in [0.05, 0.1) is 0 Å². The summed E-state index contributed by atoms with van der Waals surface area (Å²) in [7, 11) is 0. The van der Waals surface area contributed by atoms with Crippen LogP contribution in [0.25, 0.3) is 0 Å². The van der Waals surface area contributed by atoms with E-state index in [9.17, 15) is 0 Å². The van der Waals surface area contributed by atoms with Crippen molar-refractivity contribution in [1.29, 1.82) is 0 Å². The van der Waals surface area contributed by atoms with Crippen LogP contribution in [0.2, 0.25) is 0 Å². The van der Waals surface area contributed by atoms with Gasteiger partial charge in [-0.15, -0.1) is 0 Å². The summed E-state index contributed by atoms with van der Waals surface area (Å²) in [5.41, 5.74) is 7.43. The van der Waals surface area contributed by atoms with Crippen molar-refractivity contribution in [2.45, 2.75) is 45.1 Å². The van der Waals surface area contributed by atoms with Crippen molar-refractivity contribution in [3.05, 3.63) is 35.9 Å². The number of nitrogens with zero attached hydrogens (tertiary/aromatic N) is 1. The van der Waals surface area contributed by atoms with Gasteiger partial charge in [0, 0.05) is 19.1 Å². The Labute approximate surface area is 118 Å². The van der Waals surface area contributed by atoms with Crippen LogP contribution in [-0.4, -0.2) is 30.6 Å². The number of hydrogen-bond donors (Lipinski definition) is 1. The molecule has 0 aliphatic carbocycles. The molecule has 1 saturated heterocycles. The second-order valence-corrected chi connectivity index (χ2v) is 5.85. The predicted molar refractivity (Wildman–Crippen MR) is 82.2 cm³/mol. The zero-order valence-electron chi connectivity index (χ0n) is 12.2. The van der Waals surface area contributed by atoms with Gasteiger partial charge < -0.3 is 5.73 Å². The fraction of sp³-hybridized carbons (Fsp3) is 0.647. The standard InChI is InChI=1S/C17H28N2/c1-2-6-16-11-12-19(14-16)17(13-18)10-9-15-7-4-3-5-8-15/h3-5,7-8,16-17H,2,6,9-14,18H2,1H3. The normalized spacial score (nSPS) is 21.7. The number of aryl methyl sites for hydroxylation is 1. The molecule has 1 aliphatic heterocycles. The molecule has 2 atom stereocenters. The maximum absolute atomic E-state index is 5.99. The van der Waals surface area contributed by atoms with Crippen molar-refractivity contribution in [2.24, 2.45) is 11.7 Å². The van der Waals surface area contributed by atoms with E-state index in [0.717, 1.165) is 18.9 Å². The SMILES string of the molecule is CCCC1CCN(C(CN)CCc2ccccc2)C1. The Kier molecular flexibility index (Phi) is 5.87. The summed E-state index contributed by atoms with van der Waals surface area (Å²) in [5.74, 6) is 0.913. The second kappa shape index (κ2) is 7.66. The molecule has 2 unspecified atom stereocenters. The van der Waals surface area contributed by atoms with E-state index in [1.54, 1.807) is 0 Å². The minimum atomic E-state index is 0.571. The Balaban J connectivity index is 1.80. The number of likely N-dealkylation sites (tertiary alicyclic amines) is 1. The molecule has 2 nitrogen and oxygen atoms in total. The minimum absolute atomic E-state index is 0.571. The molecule has 1 aliphatic rings. The quantitative estimate of drug-likeness (QED) is 0.816. The van der Waals surface area contributed by atoms with E-state index in [1.807, 2.05) is 0 Å². The summed E-state index contributed by atoms with van der Waals surface area (Å²) in [5, 5.41) is 0. The third-order valence-electron chi connectivity index (χ3n) is 4.41. The van der Waals surface area contributed by atoms with E-state index in [4.69, 9.17) is 5.73 Å². The molecule has 0 saturated carbocycles. The second-order valence-electron chi connectivity index (χ2n) is 5.85. The first-order valence-electron chi connectivity index (χ1n) is 7.81. The van der Waals surface area contributed by atoms with Gasteiger partial charge in [0.25, 0.3) is 0 Å². The van der Waals surface area contributed by atoms with Crippen LogP contribution in [0.3, 0.4) is 0 Å². The zero-order valence-corrected chi connectivity index (χ0v) is 12.2. The van der Waals surface area contributed by atoms with Crippen LogP contribution in [0.4, 0.5) is 0 Å². The van der Waals surface area contributed by atoms with Crippen LogP contribution in [0.5, 0.6) is 0 Å². The average molecular weight is 260 g/mol. The maximum Gasteiger partial charge on any atom is 0.0221 e. The number of rotatable bonds is 7. The highest BCUT2D eigenvalue weighted by molar-refractivity contribution is 5.14. The van der Waals surface area contributed by atoms with Gasteiger partial charge in [0.1, 0.15) is 0 Å². The monoisotopic (exact) mass is 260 g/mol. The van der Waals surface area contributed by atoms with E-state index >= 15 is 0 Å². The topological polar surface area (TPSA) is 29.3 Å². The van der Waals surface area contributed by atoms with Crippen LogP contribution in [0, 0.1) is 5.92 Å². The van der Waals surface area contributed by atoms with Crippen molar-refractivity contribution in [1.82, 2.24) is 4.90 Å². The first-order valence-corrected chi connectivity index (χ1v) is 7.81. The van der Waals surface area contributed by atoms with Gasteiger partial charge >= 0.3 is 0 Å². The Hall–Kier alpha value is -0.860. The molecule has 2 heteroatoms. The number of hydrogen-bond acceptors (Lipinski definition) is 2. The van der Waals surface area contributed by atoms with E-state index < -0.39 is 0 Å². The molecule has 0 radical (unpaired) electrons. The molecule has 2 rings (SSSR count). The molecule has 0 amide bonds. The molecule has 0 bridgehead atoms.